The first-order valence-electron chi connectivity index (χ1n) is 10.8. The van der Waals surface area contributed by atoms with Crippen molar-refractivity contribution in [1.29, 1.82) is 0 Å². The van der Waals surface area contributed by atoms with Crippen LogP contribution in [-0.2, 0) is 13.1 Å². The van der Waals surface area contributed by atoms with Gasteiger partial charge in [-0.3, -0.25) is 4.79 Å². The fourth-order valence-corrected chi connectivity index (χ4v) is 4.82. The molecule has 3 N–H and O–H groups in total. The third-order valence-corrected chi connectivity index (χ3v) is 6.62. The summed E-state index contributed by atoms with van der Waals surface area (Å²) in [5, 5.41) is 24.9. The van der Waals surface area contributed by atoms with Crippen LogP contribution in [-0.4, -0.2) is 36.7 Å². The molecule has 0 atom stereocenters. The highest BCUT2D eigenvalue weighted by Crippen LogP contribution is 2.32. The van der Waals surface area contributed by atoms with Gasteiger partial charge in [0.1, 0.15) is 11.3 Å². The summed E-state index contributed by atoms with van der Waals surface area (Å²) < 4.78 is 15.9. The van der Waals surface area contributed by atoms with Gasteiger partial charge in [0.25, 0.3) is 0 Å². The first kappa shape index (κ1) is 20.7. The maximum Gasteiger partial charge on any atom is 0.309 e. The first-order chi connectivity index (χ1) is 15.5. The van der Waals surface area contributed by atoms with Crippen molar-refractivity contribution in [1.82, 2.24) is 19.6 Å². The minimum atomic E-state index is -0.572. The number of fused-ring (bicyclic) bond motifs is 3. The second-order valence-electron chi connectivity index (χ2n) is 8.65. The summed E-state index contributed by atoms with van der Waals surface area (Å²) in [6.45, 7) is 1.12. The molecular weight excluding hydrogens is 411 g/mol. The number of aliphatic hydroxyl groups excluding tert-OH is 1. The number of rotatable bonds is 6. The molecule has 3 aromatic heterocycles. The third-order valence-electron chi connectivity index (χ3n) is 6.62. The van der Waals surface area contributed by atoms with Crippen LogP contribution < -0.4 is 10.9 Å². The lowest BCUT2D eigenvalue weighted by atomic mass is 9.98. The molecule has 7 nitrogen and oxygen atoms in total. The molecule has 0 unspecified atom stereocenters. The van der Waals surface area contributed by atoms with Crippen molar-refractivity contribution in [2.24, 2.45) is 0 Å². The normalized spacial score (nSPS) is 15.7. The van der Waals surface area contributed by atoms with Crippen molar-refractivity contribution in [3.8, 4) is 0 Å². The molecule has 0 radical (unpaired) electrons. The molecule has 0 saturated heterocycles. The zero-order chi connectivity index (χ0) is 22.3. The fraction of sp³-hybridized carbons (Fsp3) is 0.333. The van der Waals surface area contributed by atoms with E-state index in [0.717, 1.165) is 47.7 Å². The van der Waals surface area contributed by atoms with E-state index < -0.39 is 5.56 Å². The summed E-state index contributed by atoms with van der Waals surface area (Å²) in [5.41, 5.74) is 2.10. The zero-order valence-electron chi connectivity index (χ0n) is 17.6. The highest BCUT2D eigenvalue weighted by molar-refractivity contribution is 6.06. The molecule has 5 rings (SSSR count). The number of pyridine rings is 2. The van der Waals surface area contributed by atoms with Crippen molar-refractivity contribution in [2.75, 3.05) is 6.61 Å². The summed E-state index contributed by atoms with van der Waals surface area (Å²) in [6, 6.07) is 8.06. The van der Waals surface area contributed by atoms with E-state index in [4.69, 9.17) is 0 Å². The van der Waals surface area contributed by atoms with E-state index in [9.17, 15) is 19.5 Å². The van der Waals surface area contributed by atoms with Gasteiger partial charge in [-0.25, -0.2) is 9.37 Å². The lowest BCUT2D eigenvalue weighted by Gasteiger charge is -2.28. The van der Waals surface area contributed by atoms with Crippen molar-refractivity contribution in [3.63, 3.8) is 0 Å². The first-order valence-corrected chi connectivity index (χ1v) is 10.8. The molecule has 1 aromatic carbocycles. The van der Waals surface area contributed by atoms with E-state index in [1.807, 2.05) is 10.8 Å². The standard InChI is InChI=1S/C24H25FN4O3/c25-18-5-3-16(4-6-18)13-28-14-17(11-27-24(15-30)8-1-2-9-24)21-19-7-10-29(32)23(31)22(19)26-12-20(21)28/h3-7,10,12,14,27,30,32H,1-2,8-9,11,13,15H2. The Morgan fingerprint density at radius 2 is 1.91 bits per heavy atom. The van der Waals surface area contributed by atoms with Crippen LogP contribution >= 0.6 is 0 Å². The van der Waals surface area contributed by atoms with Crippen LogP contribution in [0.15, 0.2) is 53.7 Å². The third kappa shape index (κ3) is 3.55. The number of benzene rings is 1. The molecule has 0 bridgehead atoms. The molecule has 0 aliphatic heterocycles. The van der Waals surface area contributed by atoms with Gasteiger partial charge in [-0.15, -0.1) is 0 Å². The smallest absolute Gasteiger partial charge is 0.309 e. The summed E-state index contributed by atoms with van der Waals surface area (Å²) >= 11 is 0. The van der Waals surface area contributed by atoms with Crippen molar-refractivity contribution in [2.45, 2.75) is 44.3 Å². The molecule has 0 amide bonds. The minimum Gasteiger partial charge on any atom is -0.425 e. The van der Waals surface area contributed by atoms with Crippen LogP contribution in [0, 0.1) is 5.82 Å². The molecule has 1 aliphatic rings. The minimum absolute atomic E-state index is 0.0821. The van der Waals surface area contributed by atoms with Gasteiger partial charge < -0.3 is 20.2 Å². The maximum absolute atomic E-state index is 13.3. The predicted molar refractivity (Wildman–Crippen MR) is 119 cm³/mol. The Bertz CT molecular complexity index is 1340. The van der Waals surface area contributed by atoms with Gasteiger partial charge in [-0.05, 0) is 42.2 Å². The molecular formula is C24H25FN4O3. The van der Waals surface area contributed by atoms with Crippen molar-refractivity contribution >= 4 is 21.8 Å². The van der Waals surface area contributed by atoms with Gasteiger partial charge in [0.15, 0.2) is 0 Å². The van der Waals surface area contributed by atoms with E-state index in [0.29, 0.717) is 23.2 Å². The number of nitrogens with one attached hydrogen (secondary N) is 1. The van der Waals surface area contributed by atoms with E-state index in [1.54, 1.807) is 24.4 Å². The predicted octanol–water partition coefficient (Wildman–Crippen LogP) is 3.17. The summed E-state index contributed by atoms with van der Waals surface area (Å²) in [4.78, 5) is 16.8. The lowest BCUT2D eigenvalue weighted by molar-refractivity contribution is 0.163. The van der Waals surface area contributed by atoms with Crippen molar-refractivity contribution in [3.05, 3.63) is 76.2 Å². The molecule has 166 valence electrons. The molecule has 32 heavy (non-hydrogen) atoms. The number of hydrogen-bond acceptors (Lipinski definition) is 5. The van der Waals surface area contributed by atoms with Gasteiger partial charge in [-0.1, -0.05) is 25.0 Å². The Balaban J connectivity index is 1.62. The number of hydrogen-bond donors (Lipinski definition) is 3. The number of aliphatic hydroxyl groups is 1. The molecule has 4 aromatic rings. The Kier molecular flexibility index (Phi) is 5.19. The topological polar surface area (TPSA) is 92.3 Å². The molecule has 8 heteroatoms. The number of aromatic nitrogens is 3. The van der Waals surface area contributed by atoms with Crippen LogP contribution in [0.25, 0.3) is 21.8 Å². The highest BCUT2D eigenvalue weighted by Gasteiger charge is 2.32. The van der Waals surface area contributed by atoms with Gasteiger partial charge >= 0.3 is 5.56 Å². The number of halogens is 1. The average molecular weight is 436 g/mol. The molecule has 1 fully saturated rings. The van der Waals surface area contributed by atoms with Crippen LogP contribution in [0.5, 0.6) is 0 Å². The number of nitrogens with zero attached hydrogens (tertiary/aromatic N) is 3. The van der Waals surface area contributed by atoms with E-state index in [1.165, 1.54) is 18.3 Å². The Hall–Kier alpha value is -3.23. The largest absolute Gasteiger partial charge is 0.425 e. The van der Waals surface area contributed by atoms with Gasteiger partial charge in [0, 0.05) is 41.8 Å². The van der Waals surface area contributed by atoms with Gasteiger partial charge in [0.2, 0.25) is 0 Å². The fourth-order valence-electron chi connectivity index (χ4n) is 4.82. The summed E-state index contributed by atoms with van der Waals surface area (Å²) in [5.74, 6) is -0.283. The Morgan fingerprint density at radius 3 is 2.62 bits per heavy atom. The van der Waals surface area contributed by atoms with Crippen LogP contribution in [0.2, 0.25) is 0 Å². The van der Waals surface area contributed by atoms with Crippen LogP contribution in [0.1, 0.15) is 36.8 Å². The summed E-state index contributed by atoms with van der Waals surface area (Å²) in [7, 11) is 0. The molecule has 3 heterocycles. The highest BCUT2D eigenvalue weighted by atomic mass is 19.1. The Morgan fingerprint density at radius 1 is 1.16 bits per heavy atom. The average Bonchev–Trinajstić information content (AvgIpc) is 3.42. The second kappa shape index (κ2) is 8.03. The van der Waals surface area contributed by atoms with Crippen molar-refractivity contribution < 1.29 is 14.7 Å². The monoisotopic (exact) mass is 436 g/mol. The van der Waals surface area contributed by atoms with E-state index >= 15 is 0 Å². The molecule has 1 aliphatic carbocycles. The maximum atomic E-state index is 13.3. The molecule has 0 spiro atoms. The van der Waals surface area contributed by atoms with E-state index in [2.05, 4.69) is 10.3 Å². The molecule has 1 saturated carbocycles. The zero-order valence-corrected chi connectivity index (χ0v) is 17.6. The quantitative estimate of drug-likeness (QED) is 0.404. The van der Waals surface area contributed by atoms with Crippen LogP contribution in [0.4, 0.5) is 4.39 Å². The van der Waals surface area contributed by atoms with E-state index in [-0.39, 0.29) is 23.5 Å². The van der Waals surface area contributed by atoms with Gasteiger partial charge in [-0.2, -0.15) is 4.73 Å². The Labute approximate surface area is 183 Å². The second-order valence-corrected chi connectivity index (χ2v) is 8.65. The SMILES string of the molecule is O=c1c2ncc3c(c(CNC4(CO)CCCC4)cn3Cc3ccc(F)cc3)c2ccn1O. The van der Waals surface area contributed by atoms with Crippen LogP contribution in [0.3, 0.4) is 0 Å². The van der Waals surface area contributed by atoms with Gasteiger partial charge in [0.05, 0.1) is 18.3 Å². The summed E-state index contributed by atoms with van der Waals surface area (Å²) in [6.07, 6.45) is 9.01. The lowest BCUT2D eigenvalue weighted by Crippen LogP contribution is -2.45.